The van der Waals surface area contributed by atoms with Gasteiger partial charge in [0.15, 0.2) is 0 Å². The topological polar surface area (TPSA) is 70.0 Å². The summed E-state index contributed by atoms with van der Waals surface area (Å²) in [6.45, 7) is 4.06. The maximum atomic E-state index is 12.1. The molecule has 1 aliphatic rings. The van der Waals surface area contributed by atoms with Crippen LogP contribution in [0.3, 0.4) is 0 Å². The predicted octanol–water partition coefficient (Wildman–Crippen LogP) is 1.80. The van der Waals surface area contributed by atoms with Crippen molar-refractivity contribution in [3.63, 3.8) is 0 Å². The molecule has 1 aromatic carbocycles. The van der Waals surface area contributed by atoms with Gasteiger partial charge in [0, 0.05) is 5.71 Å². The van der Waals surface area contributed by atoms with Gasteiger partial charge in [-0.25, -0.2) is 5.01 Å². The van der Waals surface area contributed by atoms with Crippen molar-refractivity contribution in [1.82, 2.24) is 5.01 Å². The van der Waals surface area contributed by atoms with Crippen molar-refractivity contribution in [2.45, 2.75) is 26.8 Å². The lowest BCUT2D eigenvalue weighted by Crippen LogP contribution is -2.28. The molecule has 1 atom stereocenters. The predicted molar refractivity (Wildman–Crippen MR) is 70.6 cm³/mol. The third-order valence-corrected chi connectivity index (χ3v) is 3.13. The first-order valence-corrected chi connectivity index (χ1v) is 6.11. The first-order valence-electron chi connectivity index (χ1n) is 6.11. The molecule has 1 N–H and O–H groups in total. The number of benzene rings is 1. The number of aryl methyl sites for hydroxylation is 1. The monoisotopic (exact) mass is 260 g/mol. The molecule has 1 heterocycles. The minimum Gasteiger partial charge on any atom is -0.481 e. The molecule has 0 fully saturated rings. The summed E-state index contributed by atoms with van der Waals surface area (Å²) in [6, 6.07) is 7.83. The Hall–Kier alpha value is -2.17. The van der Waals surface area contributed by atoms with Gasteiger partial charge in [-0.3, -0.25) is 9.59 Å². The molecule has 0 radical (unpaired) electrons. The van der Waals surface area contributed by atoms with E-state index in [9.17, 15) is 9.59 Å². The fourth-order valence-corrected chi connectivity index (χ4v) is 2.17. The van der Waals surface area contributed by atoms with Crippen LogP contribution in [0.25, 0.3) is 0 Å². The molecule has 0 spiro atoms. The molecule has 0 aromatic heterocycles. The largest absolute Gasteiger partial charge is 0.481 e. The smallest absolute Gasteiger partial charge is 0.304 e. The van der Waals surface area contributed by atoms with Gasteiger partial charge in [0.2, 0.25) is 0 Å². The van der Waals surface area contributed by atoms with Crippen LogP contribution in [0.15, 0.2) is 29.4 Å². The summed E-state index contributed by atoms with van der Waals surface area (Å²) in [7, 11) is 0. The van der Waals surface area contributed by atoms with E-state index in [1.165, 1.54) is 5.01 Å². The Morgan fingerprint density at radius 1 is 1.42 bits per heavy atom. The number of hydrogen-bond donors (Lipinski definition) is 1. The number of aliphatic carboxylic acids is 1. The second-order valence-electron chi connectivity index (χ2n) is 4.78. The normalized spacial score (nSPS) is 18.6. The second-order valence-corrected chi connectivity index (χ2v) is 4.78. The number of hydrazone groups is 1. The molecule has 0 saturated heterocycles. The lowest BCUT2D eigenvalue weighted by Gasteiger charge is -2.14. The molecule has 0 saturated carbocycles. The van der Waals surface area contributed by atoms with Gasteiger partial charge in [0.05, 0.1) is 18.9 Å². The van der Waals surface area contributed by atoms with Gasteiger partial charge in [-0.2, -0.15) is 5.10 Å². The molecule has 1 amide bonds. The van der Waals surface area contributed by atoms with Crippen LogP contribution in [0.4, 0.5) is 0 Å². The van der Waals surface area contributed by atoms with Gasteiger partial charge in [-0.1, -0.05) is 29.8 Å². The van der Waals surface area contributed by atoms with Crippen LogP contribution in [0.2, 0.25) is 0 Å². The van der Waals surface area contributed by atoms with Gasteiger partial charge in [-0.05, 0) is 19.4 Å². The number of carboxylic acid groups (broad SMARTS) is 1. The Morgan fingerprint density at radius 3 is 2.79 bits per heavy atom. The molecule has 19 heavy (non-hydrogen) atoms. The summed E-state index contributed by atoms with van der Waals surface area (Å²) < 4.78 is 0. The van der Waals surface area contributed by atoms with Crippen LogP contribution in [0.1, 0.15) is 24.5 Å². The van der Waals surface area contributed by atoms with Crippen molar-refractivity contribution in [3.05, 3.63) is 35.4 Å². The fourth-order valence-electron chi connectivity index (χ4n) is 2.17. The fraction of sp³-hybridized carbons (Fsp3) is 0.357. The van der Waals surface area contributed by atoms with Crippen LogP contribution in [0, 0.1) is 12.8 Å². The van der Waals surface area contributed by atoms with E-state index in [-0.39, 0.29) is 12.3 Å². The van der Waals surface area contributed by atoms with Crippen molar-refractivity contribution in [3.8, 4) is 0 Å². The first kappa shape index (κ1) is 13.3. The standard InChI is InChI=1S/C14H16N2O3/c1-9-4-3-5-11(6-9)8-16-14(19)12(7-13(17)18)10(2)15-16/h3-6,12H,7-8H2,1-2H3,(H,17,18). The molecule has 1 aromatic rings. The van der Waals surface area contributed by atoms with E-state index in [0.717, 1.165) is 11.1 Å². The molecule has 0 aliphatic carbocycles. The van der Waals surface area contributed by atoms with Gasteiger partial charge in [0.25, 0.3) is 5.91 Å². The summed E-state index contributed by atoms with van der Waals surface area (Å²) in [6.07, 6.45) is -0.196. The molecular formula is C14H16N2O3. The minimum atomic E-state index is -0.981. The van der Waals surface area contributed by atoms with Gasteiger partial charge in [-0.15, -0.1) is 0 Å². The zero-order chi connectivity index (χ0) is 14.0. The van der Waals surface area contributed by atoms with Crippen LogP contribution in [-0.4, -0.2) is 27.7 Å². The number of rotatable bonds is 4. The first-order chi connectivity index (χ1) is 8.97. The van der Waals surface area contributed by atoms with E-state index in [4.69, 9.17) is 5.11 Å². The summed E-state index contributed by atoms with van der Waals surface area (Å²) in [4.78, 5) is 22.8. The summed E-state index contributed by atoms with van der Waals surface area (Å²) >= 11 is 0. The Morgan fingerprint density at radius 2 is 2.16 bits per heavy atom. The van der Waals surface area contributed by atoms with Gasteiger partial charge in [0.1, 0.15) is 0 Å². The highest BCUT2D eigenvalue weighted by atomic mass is 16.4. The highest BCUT2D eigenvalue weighted by Gasteiger charge is 2.34. The molecule has 100 valence electrons. The van der Waals surface area contributed by atoms with Crippen LogP contribution < -0.4 is 0 Å². The van der Waals surface area contributed by atoms with Crippen LogP contribution in [-0.2, 0) is 16.1 Å². The maximum absolute atomic E-state index is 12.1. The molecule has 5 nitrogen and oxygen atoms in total. The van der Waals surface area contributed by atoms with Gasteiger partial charge >= 0.3 is 5.97 Å². The Labute approximate surface area is 111 Å². The summed E-state index contributed by atoms with van der Waals surface area (Å²) in [5.74, 6) is -1.84. The van der Waals surface area contributed by atoms with E-state index in [1.54, 1.807) is 6.92 Å². The third kappa shape index (κ3) is 2.99. The van der Waals surface area contributed by atoms with Crippen molar-refractivity contribution in [2.24, 2.45) is 11.0 Å². The zero-order valence-electron chi connectivity index (χ0n) is 11.0. The molecular weight excluding hydrogens is 244 g/mol. The maximum Gasteiger partial charge on any atom is 0.304 e. The lowest BCUT2D eigenvalue weighted by atomic mass is 10.0. The number of nitrogens with zero attached hydrogens (tertiary/aromatic N) is 2. The number of carboxylic acids is 1. The highest BCUT2D eigenvalue weighted by Crippen LogP contribution is 2.21. The zero-order valence-corrected chi connectivity index (χ0v) is 11.0. The van der Waals surface area contributed by atoms with E-state index >= 15 is 0 Å². The summed E-state index contributed by atoms with van der Waals surface area (Å²) in [5, 5.41) is 14.3. The second kappa shape index (κ2) is 5.22. The van der Waals surface area contributed by atoms with Crippen LogP contribution in [0.5, 0.6) is 0 Å². The third-order valence-electron chi connectivity index (χ3n) is 3.13. The van der Waals surface area contributed by atoms with Crippen LogP contribution >= 0.6 is 0 Å². The van der Waals surface area contributed by atoms with E-state index in [0.29, 0.717) is 12.3 Å². The minimum absolute atomic E-state index is 0.196. The summed E-state index contributed by atoms with van der Waals surface area (Å²) in [5.41, 5.74) is 2.67. The molecule has 5 heteroatoms. The molecule has 1 unspecified atom stereocenters. The Balaban J connectivity index is 2.11. The van der Waals surface area contributed by atoms with E-state index in [2.05, 4.69) is 5.10 Å². The van der Waals surface area contributed by atoms with Crippen molar-refractivity contribution < 1.29 is 14.7 Å². The number of carbonyl (C=O) groups excluding carboxylic acids is 1. The average molecular weight is 260 g/mol. The number of carbonyl (C=O) groups is 2. The Kier molecular flexibility index (Phi) is 3.64. The average Bonchev–Trinajstić information content (AvgIpc) is 2.57. The molecule has 1 aliphatic heterocycles. The van der Waals surface area contributed by atoms with E-state index in [1.807, 2.05) is 31.2 Å². The molecule has 2 rings (SSSR count). The van der Waals surface area contributed by atoms with Crippen molar-refractivity contribution in [2.75, 3.05) is 0 Å². The molecule has 0 bridgehead atoms. The van der Waals surface area contributed by atoms with E-state index < -0.39 is 11.9 Å². The van der Waals surface area contributed by atoms with Crippen molar-refractivity contribution in [1.29, 1.82) is 0 Å². The number of amides is 1. The SMILES string of the molecule is CC1=NN(Cc2cccc(C)c2)C(=O)C1CC(=O)O. The Bertz CT molecular complexity index is 551. The van der Waals surface area contributed by atoms with Crippen molar-refractivity contribution >= 4 is 17.6 Å². The lowest BCUT2D eigenvalue weighted by molar-refractivity contribution is -0.142. The quantitative estimate of drug-likeness (QED) is 0.897. The van der Waals surface area contributed by atoms with Gasteiger partial charge < -0.3 is 5.11 Å². The highest BCUT2D eigenvalue weighted by molar-refractivity contribution is 6.08. The number of hydrogen-bond acceptors (Lipinski definition) is 3.